The van der Waals surface area contributed by atoms with Crippen molar-refractivity contribution in [3.63, 3.8) is 0 Å². The lowest BCUT2D eigenvalue weighted by atomic mass is 10.2. The van der Waals surface area contributed by atoms with E-state index in [2.05, 4.69) is 15.5 Å². The first-order valence-corrected chi connectivity index (χ1v) is 10.2. The Kier molecular flexibility index (Phi) is 7.08. The van der Waals surface area contributed by atoms with E-state index in [9.17, 15) is 9.59 Å². The first kappa shape index (κ1) is 21.4. The van der Waals surface area contributed by atoms with Crippen LogP contribution >= 0.6 is 11.8 Å². The molecule has 8 nitrogen and oxygen atoms in total. The highest BCUT2D eigenvalue weighted by Gasteiger charge is 2.17. The molecule has 0 aliphatic carbocycles. The molecule has 1 amide bonds. The number of esters is 1. The number of hydrogen-bond donors (Lipinski definition) is 1. The van der Waals surface area contributed by atoms with Crippen molar-refractivity contribution in [1.82, 2.24) is 10.2 Å². The first-order chi connectivity index (χ1) is 14.5. The zero-order chi connectivity index (χ0) is 21.5. The monoisotopic (exact) mass is 427 g/mol. The summed E-state index contributed by atoms with van der Waals surface area (Å²) in [6.45, 7) is 3.53. The summed E-state index contributed by atoms with van der Waals surface area (Å²) in [6, 6.07) is 14.0. The zero-order valence-corrected chi connectivity index (χ0v) is 17.6. The Labute approximate surface area is 178 Å². The normalized spacial score (nSPS) is 10.7. The van der Waals surface area contributed by atoms with E-state index in [0.29, 0.717) is 28.5 Å². The quantitative estimate of drug-likeness (QED) is 0.424. The van der Waals surface area contributed by atoms with Crippen molar-refractivity contribution in [3.8, 4) is 17.2 Å². The van der Waals surface area contributed by atoms with E-state index in [1.807, 2.05) is 12.1 Å². The van der Waals surface area contributed by atoms with E-state index >= 15 is 0 Å². The number of aromatic nitrogens is 2. The number of amides is 1. The van der Waals surface area contributed by atoms with Gasteiger partial charge in [-0.05, 0) is 38.1 Å². The molecule has 0 atom stereocenters. The van der Waals surface area contributed by atoms with Crippen molar-refractivity contribution in [1.29, 1.82) is 0 Å². The van der Waals surface area contributed by atoms with Crippen molar-refractivity contribution in [2.75, 3.05) is 18.2 Å². The van der Waals surface area contributed by atoms with Gasteiger partial charge in [-0.3, -0.25) is 4.79 Å². The minimum absolute atomic E-state index is 0.0289. The molecule has 0 saturated heterocycles. The predicted octanol–water partition coefficient (Wildman–Crippen LogP) is 4.04. The van der Waals surface area contributed by atoms with E-state index in [1.54, 1.807) is 57.4 Å². The molecule has 3 aromatic rings. The number of para-hydroxylation sites is 2. The first-order valence-electron chi connectivity index (χ1n) is 9.17. The highest BCUT2D eigenvalue weighted by molar-refractivity contribution is 7.99. The number of rotatable bonds is 8. The molecule has 156 valence electrons. The van der Waals surface area contributed by atoms with Gasteiger partial charge in [0.05, 0.1) is 35.8 Å². The molecule has 1 heterocycles. The topological polar surface area (TPSA) is 104 Å². The lowest BCUT2D eigenvalue weighted by molar-refractivity contribution is -0.113. The van der Waals surface area contributed by atoms with Crippen LogP contribution in [-0.2, 0) is 9.53 Å². The van der Waals surface area contributed by atoms with Gasteiger partial charge < -0.3 is 19.2 Å². The fourth-order valence-electron chi connectivity index (χ4n) is 2.56. The molecule has 0 bridgehead atoms. The number of nitrogens with zero attached hydrogens (tertiary/aromatic N) is 2. The summed E-state index contributed by atoms with van der Waals surface area (Å²) in [4.78, 5) is 24.6. The highest BCUT2D eigenvalue weighted by atomic mass is 32.2. The van der Waals surface area contributed by atoms with Crippen LogP contribution in [0.15, 0.2) is 58.2 Å². The number of benzene rings is 2. The summed E-state index contributed by atoms with van der Waals surface area (Å²) in [5.41, 5.74) is 1.34. The van der Waals surface area contributed by atoms with Crippen molar-refractivity contribution in [2.24, 2.45) is 0 Å². The molecular weight excluding hydrogens is 406 g/mol. The second-order valence-electron chi connectivity index (χ2n) is 6.41. The molecule has 1 aromatic heterocycles. The number of methoxy groups -OCH3 is 1. The standard InChI is InChI=1S/C21H21N3O5S/c1-13(2)28-20(26)14-8-4-6-10-16(14)22-18(25)12-30-21-24-23-19(29-21)15-9-5-7-11-17(15)27-3/h4-11,13H,12H2,1-3H3,(H,22,25). The third-order valence-corrected chi connectivity index (χ3v) is 4.65. The molecule has 0 saturated carbocycles. The van der Waals surface area contributed by atoms with Gasteiger partial charge in [0, 0.05) is 0 Å². The predicted molar refractivity (Wildman–Crippen MR) is 113 cm³/mol. The number of anilines is 1. The van der Waals surface area contributed by atoms with E-state index in [-0.39, 0.29) is 23.0 Å². The van der Waals surface area contributed by atoms with Crippen LogP contribution in [0.5, 0.6) is 5.75 Å². The van der Waals surface area contributed by atoms with Gasteiger partial charge in [0.25, 0.3) is 11.1 Å². The third kappa shape index (κ3) is 5.38. The maximum absolute atomic E-state index is 12.4. The Morgan fingerprint density at radius 3 is 2.60 bits per heavy atom. The fraction of sp³-hybridized carbons (Fsp3) is 0.238. The number of nitrogens with one attached hydrogen (secondary N) is 1. The van der Waals surface area contributed by atoms with Gasteiger partial charge in [0.15, 0.2) is 0 Å². The molecule has 30 heavy (non-hydrogen) atoms. The number of thioether (sulfide) groups is 1. The highest BCUT2D eigenvalue weighted by Crippen LogP contribution is 2.30. The van der Waals surface area contributed by atoms with E-state index in [4.69, 9.17) is 13.9 Å². The van der Waals surface area contributed by atoms with Gasteiger partial charge in [-0.2, -0.15) is 0 Å². The van der Waals surface area contributed by atoms with E-state index < -0.39 is 5.97 Å². The van der Waals surface area contributed by atoms with Gasteiger partial charge >= 0.3 is 5.97 Å². The molecule has 0 fully saturated rings. The Bertz CT molecular complexity index is 1030. The van der Waals surface area contributed by atoms with Crippen LogP contribution in [-0.4, -0.2) is 41.0 Å². The van der Waals surface area contributed by atoms with Gasteiger partial charge in [-0.1, -0.05) is 36.0 Å². The van der Waals surface area contributed by atoms with E-state index in [0.717, 1.165) is 11.8 Å². The van der Waals surface area contributed by atoms with Crippen molar-refractivity contribution in [3.05, 3.63) is 54.1 Å². The Morgan fingerprint density at radius 1 is 1.10 bits per heavy atom. The maximum atomic E-state index is 12.4. The molecule has 0 unspecified atom stereocenters. The summed E-state index contributed by atoms with van der Waals surface area (Å²) in [6.07, 6.45) is -0.258. The summed E-state index contributed by atoms with van der Waals surface area (Å²) in [7, 11) is 1.56. The molecule has 2 aromatic carbocycles. The SMILES string of the molecule is COc1ccccc1-c1nnc(SCC(=O)Nc2ccccc2C(=O)OC(C)C)o1. The number of carbonyl (C=O) groups is 2. The van der Waals surface area contributed by atoms with Crippen LogP contribution in [0, 0.1) is 0 Å². The van der Waals surface area contributed by atoms with Crippen LogP contribution in [0.2, 0.25) is 0 Å². The average Bonchev–Trinajstić information content (AvgIpc) is 3.21. The molecule has 0 aliphatic heterocycles. The molecule has 0 radical (unpaired) electrons. The third-order valence-electron chi connectivity index (χ3n) is 3.83. The molecule has 0 aliphatic rings. The van der Waals surface area contributed by atoms with Crippen LogP contribution in [0.4, 0.5) is 5.69 Å². The van der Waals surface area contributed by atoms with Gasteiger partial charge in [0.2, 0.25) is 5.91 Å². The minimum Gasteiger partial charge on any atom is -0.496 e. The van der Waals surface area contributed by atoms with Crippen LogP contribution < -0.4 is 10.1 Å². The number of carbonyl (C=O) groups excluding carboxylic acids is 2. The Balaban J connectivity index is 1.63. The van der Waals surface area contributed by atoms with Crippen LogP contribution in [0.25, 0.3) is 11.5 Å². The Hall–Kier alpha value is -3.33. The summed E-state index contributed by atoms with van der Waals surface area (Å²) < 4.78 is 16.1. The lowest BCUT2D eigenvalue weighted by Crippen LogP contribution is -2.18. The van der Waals surface area contributed by atoms with Crippen molar-refractivity contribution in [2.45, 2.75) is 25.2 Å². The smallest absolute Gasteiger partial charge is 0.340 e. The van der Waals surface area contributed by atoms with Gasteiger partial charge in [-0.25, -0.2) is 4.79 Å². The second kappa shape index (κ2) is 9.93. The van der Waals surface area contributed by atoms with Gasteiger partial charge in [0.1, 0.15) is 5.75 Å². The molecular formula is C21H21N3O5S. The maximum Gasteiger partial charge on any atom is 0.340 e. The molecule has 1 N–H and O–H groups in total. The number of ether oxygens (including phenoxy) is 2. The minimum atomic E-state index is -0.494. The van der Waals surface area contributed by atoms with Crippen LogP contribution in [0.3, 0.4) is 0 Å². The largest absolute Gasteiger partial charge is 0.496 e. The van der Waals surface area contributed by atoms with Gasteiger partial charge in [-0.15, -0.1) is 10.2 Å². The zero-order valence-electron chi connectivity index (χ0n) is 16.7. The van der Waals surface area contributed by atoms with Crippen molar-refractivity contribution < 1.29 is 23.5 Å². The lowest BCUT2D eigenvalue weighted by Gasteiger charge is -2.12. The number of hydrogen-bond acceptors (Lipinski definition) is 8. The van der Waals surface area contributed by atoms with Crippen LogP contribution in [0.1, 0.15) is 24.2 Å². The van der Waals surface area contributed by atoms with Crippen molar-refractivity contribution >= 4 is 29.3 Å². The summed E-state index contributed by atoms with van der Waals surface area (Å²) in [5.74, 6) is 0.132. The average molecular weight is 427 g/mol. The molecule has 0 spiro atoms. The Morgan fingerprint density at radius 2 is 1.83 bits per heavy atom. The molecule has 3 rings (SSSR count). The fourth-order valence-corrected chi connectivity index (χ4v) is 3.12. The summed E-state index contributed by atoms with van der Waals surface area (Å²) >= 11 is 1.09. The molecule has 9 heteroatoms. The summed E-state index contributed by atoms with van der Waals surface area (Å²) in [5, 5.41) is 10.9. The second-order valence-corrected chi connectivity index (χ2v) is 7.34. The van der Waals surface area contributed by atoms with E-state index in [1.165, 1.54) is 0 Å².